The van der Waals surface area contributed by atoms with Crippen LogP contribution in [-0.4, -0.2) is 35.9 Å². The van der Waals surface area contributed by atoms with Gasteiger partial charge >= 0.3 is 0 Å². The molecular formula is C17H17N9O. The molecule has 27 heavy (non-hydrogen) atoms. The van der Waals surface area contributed by atoms with Crippen molar-refractivity contribution in [2.24, 2.45) is 12.8 Å². The highest BCUT2D eigenvalue weighted by Crippen LogP contribution is 2.27. The van der Waals surface area contributed by atoms with E-state index in [-0.39, 0.29) is 17.5 Å². The molecule has 10 nitrogen and oxygen atoms in total. The maximum atomic E-state index is 11.7. The Balaban J connectivity index is 1.66. The van der Waals surface area contributed by atoms with Gasteiger partial charge < -0.3 is 20.9 Å². The quantitative estimate of drug-likeness (QED) is 0.407. The van der Waals surface area contributed by atoms with Crippen LogP contribution in [0.1, 0.15) is 16.2 Å². The Labute approximate surface area is 153 Å². The number of nitrogens with two attached hydrogens (primary N) is 1. The van der Waals surface area contributed by atoms with E-state index < -0.39 is 5.91 Å². The van der Waals surface area contributed by atoms with Crippen LogP contribution in [0.25, 0.3) is 10.9 Å². The highest BCUT2D eigenvalue weighted by molar-refractivity contribution is 5.99. The van der Waals surface area contributed by atoms with Gasteiger partial charge in [0.15, 0.2) is 11.5 Å². The minimum absolute atomic E-state index is 0.0324. The van der Waals surface area contributed by atoms with Gasteiger partial charge in [-0.3, -0.25) is 9.89 Å². The molecule has 0 fully saturated rings. The number of hydrogen-bond acceptors (Lipinski definition) is 7. The summed E-state index contributed by atoms with van der Waals surface area (Å²) in [4.78, 5) is 16.1. The Kier molecular flexibility index (Phi) is 4.13. The van der Waals surface area contributed by atoms with Gasteiger partial charge in [-0.05, 0) is 24.3 Å². The van der Waals surface area contributed by atoms with E-state index in [9.17, 15) is 4.79 Å². The summed E-state index contributed by atoms with van der Waals surface area (Å²) in [5, 5.41) is 21.7. The summed E-state index contributed by atoms with van der Waals surface area (Å²) in [6.45, 7) is 0.436. The average molecular weight is 363 g/mol. The number of rotatable bonds is 6. The van der Waals surface area contributed by atoms with Crippen LogP contribution in [0.4, 0.5) is 17.5 Å². The molecule has 3 heterocycles. The minimum Gasteiger partial charge on any atom is -0.364 e. The maximum Gasteiger partial charge on any atom is 0.273 e. The molecule has 0 unspecified atom stereocenters. The van der Waals surface area contributed by atoms with Crippen LogP contribution < -0.4 is 16.4 Å². The van der Waals surface area contributed by atoms with Crippen LogP contribution >= 0.6 is 0 Å². The molecule has 4 aromatic rings. The normalized spacial score (nSPS) is 10.9. The number of aryl methyl sites for hydroxylation is 1. The molecule has 1 amide bonds. The standard InChI is InChI=1S/C17H17N9O/c1-26-8-6-11-12(3-2-4-13(11)26)21-16-14(15(18)27)24-25-17(22-16)19-9-10-5-7-20-23-10/h2-8H,9H2,1H3,(H2,18,27)(H,20,23)(H2,19,21,22,25). The first-order valence-electron chi connectivity index (χ1n) is 8.19. The Bertz CT molecular complexity index is 1100. The summed E-state index contributed by atoms with van der Waals surface area (Å²) >= 11 is 0. The Hall–Kier alpha value is -3.95. The Morgan fingerprint density at radius 3 is 2.93 bits per heavy atom. The van der Waals surface area contributed by atoms with E-state index in [2.05, 4.69) is 36.0 Å². The number of nitrogens with one attached hydrogen (secondary N) is 3. The molecule has 0 aliphatic carbocycles. The van der Waals surface area contributed by atoms with E-state index in [0.717, 1.165) is 22.3 Å². The summed E-state index contributed by atoms with van der Waals surface area (Å²) in [6, 6.07) is 9.62. The average Bonchev–Trinajstić information content (AvgIpc) is 3.31. The lowest BCUT2D eigenvalue weighted by molar-refractivity contribution is 0.0995. The number of hydrogen-bond donors (Lipinski definition) is 4. The van der Waals surface area contributed by atoms with Crippen LogP contribution in [-0.2, 0) is 13.6 Å². The monoisotopic (exact) mass is 363 g/mol. The molecule has 0 aliphatic rings. The van der Waals surface area contributed by atoms with Crippen LogP contribution in [0.15, 0.2) is 42.7 Å². The van der Waals surface area contributed by atoms with Gasteiger partial charge in [0.05, 0.1) is 12.2 Å². The third kappa shape index (κ3) is 3.27. The molecule has 4 rings (SSSR count). The Morgan fingerprint density at radius 1 is 1.26 bits per heavy atom. The lowest BCUT2D eigenvalue weighted by Gasteiger charge is -2.11. The van der Waals surface area contributed by atoms with Gasteiger partial charge in [-0.1, -0.05) is 6.07 Å². The topological polar surface area (TPSA) is 139 Å². The van der Waals surface area contributed by atoms with Crippen molar-refractivity contribution in [3.05, 3.63) is 54.1 Å². The second-order valence-electron chi connectivity index (χ2n) is 5.92. The lowest BCUT2D eigenvalue weighted by Crippen LogP contribution is -2.19. The summed E-state index contributed by atoms with van der Waals surface area (Å²) in [5.74, 6) is -0.212. The number of carbonyl (C=O) groups is 1. The van der Waals surface area contributed by atoms with E-state index in [1.165, 1.54) is 0 Å². The molecule has 0 spiro atoms. The van der Waals surface area contributed by atoms with E-state index in [1.54, 1.807) is 6.20 Å². The molecule has 0 radical (unpaired) electrons. The molecule has 10 heteroatoms. The number of aromatic amines is 1. The van der Waals surface area contributed by atoms with Crippen molar-refractivity contribution in [2.75, 3.05) is 10.6 Å². The largest absolute Gasteiger partial charge is 0.364 e. The number of primary amides is 1. The summed E-state index contributed by atoms with van der Waals surface area (Å²) in [7, 11) is 1.96. The first kappa shape index (κ1) is 16.5. The zero-order valence-corrected chi connectivity index (χ0v) is 14.5. The van der Waals surface area contributed by atoms with E-state index >= 15 is 0 Å². The van der Waals surface area contributed by atoms with Crippen molar-refractivity contribution >= 4 is 34.3 Å². The lowest BCUT2D eigenvalue weighted by atomic mass is 10.2. The van der Waals surface area contributed by atoms with E-state index in [4.69, 9.17) is 5.73 Å². The van der Waals surface area contributed by atoms with Crippen LogP contribution in [0.5, 0.6) is 0 Å². The molecule has 0 atom stereocenters. The van der Waals surface area contributed by atoms with Crippen molar-refractivity contribution in [1.29, 1.82) is 0 Å². The van der Waals surface area contributed by atoms with Crippen LogP contribution in [0.3, 0.4) is 0 Å². The fourth-order valence-corrected chi connectivity index (χ4v) is 2.75. The van der Waals surface area contributed by atoms with Gasteiger partial charge in [0, 0.05) is 36.0 Å². The highest BCUT2D eigenvalue weighted by atomic mass is 16.1. The molecule has 0 aliphatic heterocycles. The molecule has 0 saturated carbocycles. The molecule has 0 bridgehead atoms. The van der Waals surface area contributed by atoms with Gasteiger partial charge in [0.2, 0.25) is 5.95 Å². The first-order chi connectivity index (χ1) is 13.1. The molecule has 3 aromatic heterocycles. The minimum atomic E-state index is -0.710. The third-order valence-corrected chi connectivity index (χ3v) is 4.10. The second kappa shape index (κ2) is 6.75. The van der Waals surface area contributed by atoms with Crippen molar-refractivity contribution in [3.8, 4) is 0 Å². The highest BCUT2D eigenvalue weighted by Gasteiger charge is 2.16. The number of amides is 1. The zero-order valence-electron chi connectivity index (χ0n) is 14.5. The number of fused-ring (bicyclic) bond motifs is 1. The smallest absolute Gasteiger partial charge is 0.273 e. The van der Waals surface area contributed by atoms with Crippen molar-refractivity contribution in [3.63, 3.8) is 0 Å². The van der Waals surface area contributed by atoms with Gasteiger partial charge in [-0.2, -0.15) is 10.1 Å². The second-order valence-corrected chi connectivity index (χ2v) is 5.92. The van der Waals surface area contributed by atoms with Crippen molar-refractivity contribution in [1.82, 2.24) is 29.9 Å². The third-order valence-electron chi connectivity index (χ3n) is 4.10. The number of H-pyrrole nitrogens is 1. The summed E-state index contributed by atoms with van der Waals surface area (Å²) in [5.41, 5.74) is 8.09. The number of nitrogens with zero attached hydrogens (tertiary/aromatic N) is 5. The van der Waals surface area contributed by atoms with E-state index in [1.807, 2.05) is 48.1 Å². The fourth-order valence-electron chi connectivity index (χ4n) is 2.75. The molecule has 136 valence electrons. The van der Waals surface area contributed by atoms with Crippen molar-refractivity contribution in [2.45, 2.75) is 6.54 Å². The predicted molar refractivity (Wildman–Crippen MR) is 100 cm³/mol. The van der Waals surface area contributed by atoms with Crippen molar-refractivity contribution < 1.29 is 4.79 Å². The number of benzene rings is 1. The Morgan fingerprint density at radius 2 is 2.15 bits per heavy atom. The van der Waals surface area contributed by atoms with Crippen LogP contribution in [0, 0.1) is 0 Å². The zero-order chi connectivity index (χ0) is 18.8. The van der Waals surface area contributed by atoms with Crippen LogP contribution in [0.2, 0.25) is 0 Å². The first-order valence-corrected chi connectivity index (χ1v) is 8.19. The van der Waals surface area contributed by atoms with Gasteiger partial charge in [0.1, 0.15) is 0 Å². The molecular weight excluding hydrogens is 346 g/mol. The molecule has 0 saturated heterocycles. The van der Waals surface area contributed by atoms with Gasteiger partial charge in [-0.15, -0.1) is 10.2 Å². The van der Waals surface area contributed by atoms with Gasteiger partial charge in [-0.25, -0.2) is 0 Å². The predicted octanol–water partition coefficient (Wildman–Crippen LogP) is 1.54. The number of carbonyl (C=O) groups excluding carboxylic acids is 1. The van der Waals surface area contributed by atoms with Gasteiger partial charge in [0.25, 0.3) is 5.91 Å². The summed E-state index contributed by atoms with van der Waals surface area (Å²) in [6.07, 6.45) is 3.61. The molecule has 1 aromatic carbocycles. The molecule has 5 N–H and O–H groups in total. The number of aromatic nitrogens is 6. The fraction of sp³-hybridized carbons (Fsp3) is 0.118. The maximum absolute atomic E-state index is 11.7. The number of anilines is 3. The summed E-state index contributed by atoms with van der Waals surface area (Å²) < 4.78 is 2.01. The SMILES string of the molecule is Cn1ccc2c(Nc3nc(NCc4ccn[nH]4)nnc3C(N)=O)cccc21. The van der Waals surface area contributed by atoms with E-state index in [0.29, 0.717) is 6.54 Å².